The number of carbonyl (C=O) groups excluding carboxylic acids is 2. The molecule has 1 atom stereocenters. The first-order valence-electron chi connectivity index (χ1n) is 5.91. The van der Waals surface area contributed by atoms with Crippen LogP contribution < -0.4 is 10.6 Å². The normalized spacial score (nSPS) is 13.5. The Labute approximate surface area is 110 Å². The van der Waals surface area contributed by atoms with E-state index in [1.807, 2.05) is 0 Å². The lowest BCUT2D eigenvalue weighted by atomic mass is 10.0. The molecule has 19 heavy (non-hydrogen) atoms. The van der Waals surface area contributed by atoms with Crippen LogP contribution >= 0.6 is 0 Å². The monoisotopic (exact) mass is 268 g/mol. The van der Waals surface area contributed by atoms with Crippen LogP contribution in [-0.2, 0) is 9.59 Å². The molecule has 6 heteroatoms. The third kappa shape index (κ3) is 5.05. The number of carbonyl (C=O) groups is 2. The van der Waals surface area contributed by atoms with Crippen molar-refractivity contribution < 1.29 is 19.1 Å². The van der Waals surface area contributed by atoms with Gasteiger partial charge in [0.1, 0.15) is 5.82 Å². The van der Waals surface area contributed by atoms with Crippen molar-refractivity contribution in [2.24, 2.45) is 0 Å². The molecule has 0 spiro atoms. The average molecular weight is 268 g/mol. The average Bonchev–Trinajstić information content (AvgIpc) is 2.36. The number of halogens is 1. The van der Waals surface area contributed by atoms with Gasteiger partial charge >= 0.3 is 11.8 Å². The highest BCUT2D eigenvalue weighted by Crippen LogP contribution is 2.09. The molecule has 0 aliphatic heterocycles. The van der Waals surface area contributed by atoms with Gasteiger partial charge in [-0.2, -0.15) is 0 Å². The van der Waals surface area contributed by atoms with E-state index in [4.69, 9.17) is 0 Å². The number of benzene rings is 1. The molecule has 0 aliphatic carbocycles. The van der Waals surface area contributed by atoms with Gasteiger partial charge in [-0.1, -0.05) is 13.0 Å². The first-order valence-corrected chi connectivity index (χ1v) is 5.91. The molecule has 0 bridgehead atoms. The van der Waals surface area contributed by atoms with E-state index < -0.39 is 23.2 Å². The third-order valence-electron chi connectivity index (χ3n) is 2.68. The Morgan fingerprint density at radius 2 is 2.05 bits per heavy atom. The second-order valence-corrected chi connectivity index (χ2v) is 4.50. The van der Waals surface area contributed by atoms with Gasteiger partial charge in [-0.3, -0.25) is 9.59 Å². The summed E-state index contributed by atoms with van der Waals surface area (Å²) < 4.78 is 12.9. The predicted octanol–water partition coefficient (Wildman–Crippen LogP) is 1.04. The molecule has 0 unspecified atom stereocenters. The van der Waals surface area contributed by atoms with Gasteiger partial charge in [0.05, 0.1) is 5.60 Å². The fourth-order valence-corrected chi connectivity index (χ4v) is 1.23. The lowest BCUT2D eigenvalue weighted by Crippen LogP contribution is -2.44. The lowest BCUT2D eigenvalue weighted by molar-refractivity contribution is -0.136. The van der Waals surface area contributed by atoms with Gasteiger partial charge in [-0.25, -0.2) is 4.39 Å². The molecular weight excluding hydrogens is 251 g/mol. The van der Waals surface area contributed by atoms with Crippen LogP contribution in [0, 0.1) is 5.82 Å². The maximum atomic E-state index is 12.9. The van der Waals surface area contributed by atoms with Crippen molar-refractivity contribution in [3.63, 3.8) is 0 Å². The van der Waals surface area contributed by atoms with E-state index in [1.54, 1.807) is 13.8 Å². The van der Waals surface area contributed by atoms with Crippen LogP contribution in [-0.4, -0.2) is 29.1 Å². The van der Waals surface area contributed by atoms with E-state index in [2.05, 4.69) is 10.6 Å². The van der Waals surface area contributed by atoms with Crippen molar-refractivity contribution in [2.75, 3.05) is 11.9 Å². The van der Waals surface area contributed by atoms with Gasteiger partial charge in [0, 0.05) is 12.2 Å². The van der Waals surface area contributed by atoms with E-state index in [1.165, 1.54) is 18.2 Å². The third-order valence-corrected chi connectivity index (χ3v) is 2.68. The van der Waals surface area contributed by atoms with E-state index in [-0.39, 0.29) is 12.2 Å². The summed E-state index contributed by atoms with van der Waals surface area (Å²) in [6.45, 7) is 3.29. The number of amides is 2. The fourth-order valence-electron chi connectivity index (χ4n) is 1.23. The van der Waals surface area contributed by atoms with Crippen molar-refractivity contribution in [1.29, 1.82) is 0 Å². The summed E-state index contributed by atoms with van der Waals surface area (Å²) in [6, 6.07) is 5.22. The summed E-state index contributed by atoms with van der Waals surface area (Å²) in [5.74, 6) is -2.29. The van der Waals surface area contributed by atoms with Crippen LogP contribution in [0.15, 0.2) is 24.3 Å². The molecule has 5 nitrogen and oxygen atoms in total. The molecule has 3 N–H and O–H groups in total. The first kappa shape index (κ1) is 15.1. The fraction of sp³-hybridized carbons (Fsp3) is 0.385. The lowest BCUT2D eigenvalue weighted by Gasteiger charge is -2.21. The zero-order valence-corrected chi connectivity index (χ0v) is 10.9. The summed E-state index contributed by atoms with van der Waals surface area (Å²) in [4.78, 5) is 23.0. The van der Waals surface area contributed by atoms with E-state index in [0.717, 1.165) is 6.07 Å². The van der Waals surface area contributed by atoms with E-state index in [0.29, 0.717) is 6.42 Å². The van der Waals surface area contributed by atoms with Gasteiger partial charge in [0.2, 0.25) is 0 Å². The molecule has 0 heterocycles. The van der Waals surface area contributed by atoms with E-state index >= 15 is 0 Å². The van der Waals surface area contributed by atoms with Crippen LogP contribution in [0.4, 0.5) is 10.1 Å². The van der Waals surface area contributed by atoms with Gasteiger partial charge in [0.15, 0.2) is 0 Å². The second kappa shape index (κ2) is 6.29. The molecule has 0 saturated carbocycles. The van der Waals surface area contributed by atoms with Crippen molar-refractivity contribution in [1.82, 2.24) is 5.32 Å². The Morgan fingerprint density at radius 1 is 1.37 bits per heavy atom. The van der Waals surface area contributed by atoms with Crippen LogP contribution in [0.2, 0.25) is 0 Å². The molecule has 1 aromatic carbocycles. The molecule has 1 rings (SSSR count). The summed E-state index contributed by atoms with van der Waals surface area (Å²) in [7, 11) is 0. The molecule has 0 saturated heterocycles. The number of rotatable bonds is 4. The zero-order valence-electron chi connectivity index (χ0n) is 10.9. The number of nitrogens with one attached hydrogen (secondary N) is 2. The number of hydrogen-bond donors (Lipinski definition) is 3. The quantitative estimate of drug-likeness (QED) is 0.714. The Hall–Kier alpha value is -1.95. The summed E-state index contributed by atoms with van der Waals surface area (Å²) >= 11 is 0. The van der Waals surface area contributed by atoms with Crippen molar-refractivity contribution in [2.45, 2.75) is 25.9 Å². The number of hydrogen-bond acceptors (Lipinski definition) is 3. The minimum Gasteiger partial charge on any atom is -0.388 e. The van der Waals surface area contributed by atoms with Crippen molar-refractivity contribution in [3.05, 3.63) is 30.1 Å². The summed E-state index contributed by atoms with van der Waals surface area (Å²) in [5.41, 5.74) is -0.864. The Bertz CT molecular complexity index is 475. The number of anilines is 1. The van der Waals surface area contributed by atoms with Crippen LogP contribution in [0.3, 0.4) is 0 Å². The minimum absolute atomic E-state index is 0.0289. The molecule has 104 valence electrons. The van der Waals surface area contributed by atoms with Crippen molar-refractivity contribution in [3.8, 4) is 0 Å². The molecule has 0 aliphatic rings. The van der Waals surface area contributed by atoms with Gasteiger partial charge in [-0.15, -0.1) is 0 Å². The Kier molecular flexibility index (Phi) is 5.00. The van der Waals surface area contributed by atoms with E-state index in [9.17, 15) is 19.1 Å². The summed E-state index contributed by atoms with van der Waals surface area (Å²) in [5, 5.41) is 14.3. The zero-order chi connectivity index (χ0) is 14.5. The molecule has 1 aromatic rings. The maximum Gasteiger partial charge on any atom is 0.313 e. The van der Waals surface area contributed by atoms with Crippen LogP contribution in [0.5, 0.6) is 0 Å². The number of aliphatic hydroxyl groups is 1. The van der Waals surface area contributed by atoms with Crippen LogP contribution in [0.25, 0.3) is 0 Å². The largest absolute Gasteiger partial charge is 0.388 e. The van der Waals surface area contributed by atoms with Gasteiger partial charge < -0.3 is 15.7 Å². The van der Waals surface area contributed by atoms with Crippen molar-refractivity contribution >= 4 is 17.5 Å². The topological polar surface area (TPSA) is 78.4 Å². The molecule has 0 aromatic heterocycles. The molecule has 2 amide bonds. The molecular formula is C13H17FN2O3. The second-order valence-electron chi connectivity index (χ2n) is 4.50. The predicted molar refractivity (Wildman–Crippen MR) is 69.0 cm³/mol. The van der Waals surface area contributed by atoms with Gasteiger partial charge in [-0.05, 0) is 31.5 Å². The highest BCUT2D eigenvalue weighted by atomic mass is 19.1. The highest BCUT2D eigenvalue weighted by molar-refractivity contribution is 6.39. The Balaban J connectivity index is 2.52. The first-order chi connectivity index (χ1) is 8.84. The highest BCUT2D eigenvalue weighted by Gasteiger charge is 2.21. The van der Waals surface area contributed by atoms with Gasteiger partial charge in [0.25, 0.3) is 0 Å². The maximum absolute atomic E-state index is 12.9. The summed E-state index contributed by atoms with van der Waals surface area (Å²) in [6.07, 6.45) is 0.443. The SMILES string of the molecule is CC[C@@](C)(O)CNC(=O)C(=O)Nc1cccc(F)c1. The van der Waals surface area contributed by atoms with Crippen LogP contribution in [0.1, 0.15) is 20.3 Å². The Morgan fingerprint density at radius 3 is 2.63 bits per heavy atom. The molecule has 0 fully saturated rings. The smallest absolute Gasteiger partial charge is 0.313 e. The standard InChI is InChI=1S/C13H17FN2O3/c1-3-13(2,19)8-15-11(17)12(18)16-10-6-4-5-9(14)7-10/h4-7,19H,3,8H2,1-2H3,(H,15,17)(H,16,18)/t13-/m1/s1. The molecule has 0 radical (unpaired) electrons. The minimum atomic E-state index is -1.06.